The van der Waals surface area contributed by atoms with E-state index in [1.807, 2.05) is 0 Å². The summed E-state index contributed by atoms with van der Waals surface area (Å²) in [5.41, 5.74) is 0.568. The summed E-state index contributed by atoms with van der Waals surface area (Å²) in [5, 5.41) is 0. The molecular weight excluding hydrogens is 232 g/mol. The van der Waals surface area contributed by atoms with Crippen LogP contribution in [0.4, 0.5) is 0 Å². The predicted octanol–water partition coefficient (Wildman–Crippen LogP) is 1.72. The van der Waals surface area contributed by atoms with Gasteiger partial charge in [0, 0.05) is 5.56 Å². The van der Waals surface area contributed by atoms with Crippen LogP contribution < -0.4 is 4.74 Å². The monoisotopic (exact) mass is 242 g/mol. The highest BCUT2D eigenvalue weighted by atomic mass is 35.5. The van der Waals surface area contributed by atoms with Gasteiger partial charge in [-0.2, -0.15) is 0 Å². The Morgan fingerprint density at radius 2 is 2.06 bits per heavy atom. The first-order valence-corrected chi connectivity index (χ1v) is 5.08. The Kier molecular flexibility index (Phi) is 4.79. The van der Waals surface area contributed by atoms with Crippen LogP contribution in [0, 0.1) is 0 Å². The number of Topliss-reactive ketones (excluding diaryl/α,β-unsaturated/α-hetero) is 1. The van der Waals surface area contributed by atoms with Crippen LogP contribution in [0.25, 0.3) is 0 Å². The molecule has 1 rings (SSSR count). The lowest BCUT2D eigenvalue weighted by Crippen LogP contribution is -2.16. The number of methoxy groups -OCH3 is 1. The number of rotatable bonds is 6. The van der Waals surface area contributed by atoms with Crippen LogP contribution in [0.2, 0.25) is 0 Å². The molecule has 0 N–H and O–H groups in total. The summed E-state index contributed by atoms with van der Waals surface area (Å²) >= 11 is 5.42. The van der Waals surface area contributed by atoms with E-state index in [0.29, 0.717) is 11.3 Å². The van der Waals surface area contributed by atoms with Gasteiger partial charge in [-0.1, -0.05) is 12.1 Å². The number of alkyl halides is 1. The minimum atomic E-state index is -0.944. The van der Waals surface area contributed by atoms with E-state index >= 15 is 0 Å². The van der Waals surface area contributed by atoms with Crippen molar-refractivity contribution in [1.82, 2.24) is 0 Å². The van der Waals surface area contributed by atoms with Crippen molar-refractivity contribution in [2.75, 3.05) is 13.0 Å². The topological polar surface area (TPSA) is 52.6 Å². The lowest BCUT2D eigenvalue weighted by atomic mass is 10.1. The first-order valence-electron chi connectivity index (χ1n) is 4.54. The molecule has 0 saturated heterocycles. The van der Waals surface area contributed by atoms with Crippen LogP contribution in [0.5, 0.6) is 5.75 Å². The molecule has 1 unspecified atom stereocenters. The Labute approximate surface area is 98.1 Å². The van der Waals surface area contributed by atoms with Gasteiger partial charge in [0.2, 0.25) is 0 Å². The number of halogens is 1. The zero-order valence-electron chi connectivity index (χ0n) is 8.68. The second-order valence-corrected chi connectivity index (χ2v) is 3.25. The minimum absolute atomic E-state index is 0.204. The van der Waals surface area contributed by atoms with E-state index in [-0.39, 0.29) is 18.1 Å². The maximum absolute atomic E-state index is 11.4. The van der Waals surface area contributed by atoms with E-state index in [2.05, 4.69) is 0 Å². The molecule has 1 atom stereocenters. The van der Waals surface area contributed by atoms with Crippen LogP contribution in [0.3, 0.4) is 0 Å². The first kappa shape index (κ1) is 12.5. The van der Waals surface area contributed by atoms with Crippen molar-refractivity contribution in [3.63, 3.8) is 0 Å². The number of hydrogen-bond acceptors (Lipinski definition) is 4. The summed E-state index contributed by atoms with van der Waals surface area (Å²) in [5.74, 6) is 0.0933. The van der Waals surface area contributed by atoms with Crippen LogP contribution in [0.1, 0.15) is 11.7 Å². The van der Waals surface area contributed by atoms with Crippen LogP contribution in [-0.4, -0.2) is 25.2 Å². The highest BCUT2D eigenvalue weighted by molar-refractivity contribution is 6.28. The molecule has 0 heterocycles. The highest BCUT2D eigenvalue weighted by Crippen LogP contribution is 2.21. The summed E-state index contributed by atoms with van der Waals surface area (Å²) in [6.45, 7) is 0.235. The summed E-state index contributed by atoms with van der Waals surface area (Å²) in [4.78, 5) is 21.7. The summed E-state index contributed by atoms with van der Waals surface area (Å²) < 4.78 is 9.67. The van der Waals surface area contributed by atoms with Crippen molar-refractivity contribution >= 4 is 23.9 Å². The van der Waals surface area contributed by atoms with Crippen LogP contribution in [-0.2, 0) is 14.3 Å². The van der Waals surface area contributed by atoms with Crippen molar-refractivity contribution in [2.24, 2.45) is 0 Å². The van der Waals surface area contributed by atoms with E-state index in [1.54, 1.807) is 31.4 Å². The smallest absolute Gasteiger partial charge is 0.294 e. The first-order chi connectivity index (χ1) is 7.72. The maximum atomic E-state index is 11.4. The van der Waals surface area contributed by atoms with Crippen LogP contribution in [0.15, 0.2) is 24.3 Å². The van der Waals surface area contributed by atoms with Crippen LogP contribution >= 0.6 is 11.6 Å². The summed E-state index contributed by atoms with van der Waals surface area (Å²) in [6.07, 6.45) is -0.944. The third-order valence-corrected chi connectivity index (χ3v) is 2.30. The molecule has 1 aromatic carbocycles. The van der Waals surface area contributed by atoms with E-state index in [9.17, 15) is 9.59 Å². The van der Waals surface area contributed by atoms with Gasteiger partial charge in [0.25, 0.3) is 6.47 Å². The standard InChI is InChI=1S/C11H11ClO4/c1-15-9-4-2-8(3-5-9)11(16-7-13)10(14)6-12/h2-5,7,11H,6H2,1H3. The van der Waals surface area contributed by atoms with Gasteiger partial charge in [-0.15, -0.1) is 11.6 Å². The quantitative estimate of drug-likeness (QED) is 0.563. The molecule has 0 radical (unpaired) electrons. The number of ketones is 1. The predicted molar refractivity (Wildman–Crippen MR) is 58.6 cm³/mol. The molecule has 0 aliphatic carbocycles. The van der Waals surface area contributed by atoms with Crippen molar-refractivity contribution in [3.05, 3.63) is 29.8 Å². The molecule has 16 heavy (non-hydrogen) atoms. The van der Waals surface area contributed by atoms with Gasteiger partial charge >= 0.3 is 0 Å². The largest absolute Gasteiger partial charge is 0.497 e. The number of ether oxygens (including phenoxy) is 2. The van der Waals surface area contributed by atoms with Gasteiger partial charge < -0.3 is 9.47 Å². The van der Waals surface area contributed by atoms with Gasteiger partial charge in [-0.05, 0) is 12.1 Å². The lowest BCUT2D eigenvalue weighted by molar-refractivity contribution is -0.143. The average Bonchev–Trinajstić information content (AvgIpc) is 2.35. The molecule has 5 heteroatoms. The number of benzene rings is 1. The van der Waals surface area contributed by atoms with Gasteiger partial charge in [0.1, 0.15) is 5.75 Å². The SMILES string of the molecule is COc1ccc(C(OC=O)C(=O)CCl)cc1. The zero-order chi connectivity index (χ0) is 12.0. The minimum Gasteiger partial charge on any atom is -0.497 e. The van der Waals surface area contributed by atoms with Crippen molar-refractivity contribution < 1.29 is 19.1 Å². The van der Waals surface area contributed by atoms with Crippen molar-refractivity contribution in [1.29, 1.82) is 0 Å². The molecule has 0 amide bonds. The second kappa shape index (κ2) is 6.12. The molecule has 0 saturated carbocycles. The molecule has 0 aromatic heterocycles. The molecule has 0 aliphatic heterocycles. The normalized spacial score (nSPS) is 11.6. The Bertz CT molecular complexity index is 361. The number of carbonyl (C=O) groups excluding carboxylic acids is 2. The van der Waals surface area contributed by atoms with E-state index in [4.69, 9.17) is 21.1 Å². The third kappa shape index (κ3) is 2.97. The Morgan fingerprint density at radius 1 is 1.44 bits per heavy atom. The van der Waals surface area contributed by atoms with Gasteiger partial charge in [-0.25, -0.2) is 0 Å². The lowest BCUT2D eigenvalue weighted by Gasteiger charge is -2.13. The molecular formula is C11H11ClO4. The third-order valence-electron chi connectivity index (χ3n) is 2.03. The van der Waals surface area contributed by atoms with E-state index < -0.39 is 6.10 Å². The van der Waals surface area contributed by atoms with Gasteiger partial charge in [0.05, 0.1) is 13.0 Å². The van der Waals surface area contributed by atoms with E-state index in [1.165, 1.54) is 0 Å². The molecule has 1 aromatic rings. The number of carbonyl (C=O) groups is 2. The van der Waals surface area contributed by atoms with Gasteiger partial charge in [0.15, 0.2) is 11.9 Å². The summed E-state index contributed by atoms with van der Waals surface area (Å²) in [6, 6.07) is 6.66. The number of hydrogen-bond donors (Lipinski definition) is 0. The fourth-order valence-electron chi connectivity index (χ4n) is 1.24. The molecule has 0 fully saturated rings. The Hall–Kier alpha value is -1.55. The van der Waals surface area contributed by atoms with Crippen molar-refractivity contribution in [2.45, 2.75) is 6.10 Å². The Balaban J connectivity index is 2.91. The molecule has 0 spiro atoms. The fraction of sp³-hybridized carbons (Fsp3) is 0.273. The molecule has 0 bridgehead atoms. The highest BCUT2D eigenvalue weighted by Gasteiger charge is 2.20. The van der Waals surface area contributed by atoms with E-state index in [0.717, 1.165) is 0 Å². The second-order valence-electron chi connectivity index (χ2n) is 2.99. The maximum Gasteiger partial charge on any atom is 0.294 e. The fourth-order valence-corrected chi connectivity index (χ4v) is 1.38. The molecule has 4 nitrogen and oxygen atoms in total. The summed E-state index contributed by atoms with van der Waals surface area (Å²) in [7, 11) is 1.54. The van der Waals surface area contributed by atoms with Gasteiger partial charge in [-0.3, -0.25) is 9.59 Å². The average molecular weight is 243 g/mol. The zero-order valence-corrected chi connectivity index (χ0v) is 9.44. The molecule has 0 aliphatic rings. The molecule has 86 valence electrons. The Morgan fingerprint density at radius 3 is 2.50 bits per heavy atom. The van der Waals surface area contributed by atoms with Crippen molar-refractivity contribution in [3.8, 4) is 5.75 Å².